The van der Waals surface area contributed by atoms with Crippen molar-refractivity contribution < 1.29 is 13.6 Å². The second kappa shape index (κ2) is 11.7. The third-order valence-corrected chi connectivity index (χ3v) is 8.77. The van der Waals surface area contributed by atoms with Gasteiger partial charge in [-0.3, -0.25) is 0 Å². The van der Waals surface area contributed by atoms with Gasteiger partial charge in [0.1, 0.15) is 0 Å². The number of hydrogen-bond acceptors (Lipinski definition) is 3. The van der Waals surface area contributed by atoms with Crippen LogP contribution in [0.1, 0.15) is 18.9 Å². The van der Waals surface area contributed by atoms with E-state index in [1.165, 1.54) is 5.56 Å². The Hall–Kier alpha value is -0.0362. The van der Waals surface area contributed by atoms with Crippen LogP contribution in [-0.4, -0.2) is 35.5 Å². The Balaban J connectivity index is 2.44. The Morgan fingerprint density at radius 3 is 1.81 bits per heavy atom. The van der Waals surface area contributed by atoms with Crippen LogP contribution in [0, 0.1) is 0 Å². The Labute approximate surface area is 164 Å². The van der Waals surface area contributed by atoms with Crippen LogP contribution in [0.3, 0.4) is 0 Å². The number of hydrogen-bond donors (Lipinski definition) is 0. The van der Waals surface area contributed by atoms with Gasteiger partial charge in [-0.1, -0.05) is 69.6 Å². The van der Waals surface area contributed by atoms with Gasteiger partial charge in [0.15, 0.2) is 0 Å². The van der Waals surface area contributed by atoms with E-state index >= 15 is 0 Å². The summed E-state index contributed by atoms with van der Waals surface area (Å²) in [6.45, 7) is 17.8. The van der Waals surface area contributed by atoms with E-state index in [1.807, 2.05) is 0 Å². The van der Waals surface area contributed by atoms with Crippen LogP contribution in [0.2, 0.25) is 51.4 Å². The van der Waals surface area contributed by atoms with Crippen molar-refractivity contribution in [1.29, 1.82) is 0 Å². The molecular formula is C20H39O3PSi2. The highest BCUT2D eigenvalue weighted by atomic mass is 31.2. The molecule has 0 aliphatic rings. The highest BCUT2D eigenvalue weighted by Gasteiger charge is 2.21. The first-order chi connectivity index (χ1) is 12.1. The second-order valence-electron chi connectivity index (χ2n) is 9.45. The van der Waals surface area contributed by atoms with Crippen molar-refractivity contribution >= 4 is 24.8 Å². The van der Waals surface area contributed by atoms with Gasteiger partial charge >= 0.3 is 8.60 Å². The van der Waals surface area contributed by atoms with Crippen LogP contribution in [0.25, 0.3) is 0 Å². The molecule has 0 radical (unpaired) electrons. The van der Waals surface area contributed by atoms with Crippen molar-refractivity contribution in [3.8, 4) is 0 Å². The van der Waals surface area contributed by atoms with E-state index in [4.69, 9.17) is 13.6 Å². The van der Waals surface area contributed by atoms with Gasteiger partial charge in [0, 0.05) is 16.1 Å². The predicted octanol–water partition coefficient (Wildman–Crippen LogP) is 6.96. The summed E-state index contributed by atoms with van der Waals surface area (Å²) in [6, 6.07) is 12.9. The van der Waals surface area contributed by atoms with E-state index in [1.54, 1.807) is 0 Å². The Morgan fingerprint density at radius 2 is 1.35 bits per heavy atom. The molecule has 1 aromatic carbocycles. The quantitative estimate of drug-likeness (QED) is 0.258. The molecule has 1 aromatic rings. The molecule has 1 atom stereocenters. The minimum absolute atomic E-state index is 0.139. The van der Waals surface area contributed by atoms with Crippen molar-refractivity contribution in [3.05, 3.63) is 35.9 Å². The fraction of sp³-hybridized carbons (Fsp3) is 0.700. The maximum absolute atomic E-state index is 6.15. The minimum atomic E-state index is -1.24. The first-order valence-corrected chi connectivity index (χ1v) is 18.3. The zero-order chi connectivity index (χ0) is 19.6. The first kappa shape index (κ1) is 24.0. The molecule has 150 valence electrons. The predicted molar refractivity (Wildman–Crippen MR) is 120 cm³/mol. The smallest absolute Gasteiger partial charge is 0.313 e. The zero-order valence-electron chi connectivity index (χ0n) is 17.9. The largest absolute Gasteiger partial charge is 0.332 e. The standard InChI is InChI=1S/C20H39O3PSi2/c1-19(13-14-20-11-9-8-10-12-20)23-24(21-15-17-25(2,3)4)22-16-18-26(5,6)7/h8-12,19H,13-18H2,1-7H3. The zero-order valence-corrected chi connectivity index (χ0v) is 20.8. The molecule has 0 heterocycles. The van der Waals surface area contributed by atoms with Crippen molar-refractivity contribution in [2.45, 2.75) is 77.2 Å². The highest BCUT2D eigenvalue weighted by Crippen LogP contribution is 2.42. The molecule has 1 unspecified atom stereocenters. The molecule has 0 amide bonds. The lowest BCUT2D eigenvalue weighted by Crippen LogP contribution is -2.22. The molecule has 3 nitrogen and oxygen atoms in total. The van der Waals surface area contributed by atoms with Gasteiger partial charge in [-0.2, -0.15) is 0 Å². The van der Waals surface area contributed by atoms with Crippen molar-refractivity contribution in [2.24, 2.45) is 0 Å². The van der Waals surface area contributed by atoms with Gasteiger partial charge in [0.05, 0.1) is 19.3 Å². The third kappa shape index (κ3) is 13.2. The molecule has 0 saturated carbocycles. The molecule has 0 N–H and O–H groups in total. The van der Waals surface area contributed by atoms with Crippen LogP contribution in [0.5, 0.6) is 0 Å². The lowest BCUT2D eigenvalue weighted by Gasteiger charge is -2.24. The summed E-state index contributed by atoms with van der Waals surface area (Å²) in [7, 11) is -3.45. The SMILES string of the molecule is CC(CCc1ccccc1)OP(OCC[Si](C)(C)C)OCC[Si](C)(C)C. The van der Waals surface area contributed by atoms with Crippen molar-refractivity contribution in [1.82, 2.24) is 0 Å². The summed E-state index contributed by atoms with van der Waals surface area (Å²) in [4.78, 5) is 0. The van der Waals surface area contributed by atoms with Crippen LogP contribution in [0.4, 0.5) is 0 Å². The Morgan fingerprint density at radius 1 is 0.846 bits per heavy atom. The molecule has 0 bridgehead atoms. The minimum Gasteiger partial charge on any atom is -0.313 e. The number of rotatable bonds is 13. The highest BCUT2D eigenvalue weighted by molar-refractivity contribution is 7.41. The summed E-state index contributed by atoms with van der Waals surface area (Å²) in [5.74, 6) is 0. The topological polar surface area (TPSA) is 27.7 Å². The molecule has 26 heavy (non-hydrogen) atoms. The maximum atomic E-state index is 6.15. The molecule has 6 heteroatoms. The van der Waals surface area contributed by atoms with Gasteiger partial charge in [0.2, 0.25) is 0 Å². The molecule has 1 rings (SSSR count). The van der Waals surface area contributed by atoms with Gasteiger partial charge in [-0.05, 0) is 37.4 Å². The molecule has 0 saturated heterocycles. The summed E-state index contributed by atoms with van der Waals surface area (Å²) >= 11 is 0. The molecule has 0 aromatic heterocycles. The fourth-order valence-corrected chi connectivity index (χ4v) is 5.01. The molecule has 0 aliphatic heterocycles. The molecule has 0 fully saturated rings. The normalized spacial score (nSPS) is 14.0. The average molecular weight is 415 g/mol. The Bertz CT molecular complexity index is 466. The van der Waals surface area contributed by atoms with E-state index in [0.29, 0.717) is 0 Å². The van der Waals surface area contributed by atoms with Gasteiger partial charge < -0.3 is 13.6 Å². The maximum Gasteiger partial charge on any atom is 0.332 e. The van der Waals surface area contributed by atoms with Crippen LogP contribution >= 0.6 is 8.60 Å². The van der Waals surface area contributed by atoms with E-state index in [0.717, 1.165) is 38.1 Å². The van der Waals surface area contributed by atoms with Gasteiger partial charge in [-0.15, -0.1) is 0 Å². The van der Waals surface area contributed by atoms with Crippen LogP contribution in [-0.2, 0) is 20.0 Å². The van der Waals surface area contributed by atoms with Gasteiger partial charge in [0.25, 0.3) is 0 Å². The van der Waals surface area contributed by atoms with E-state index in [9.17, 15) is 0 Å². The summed E-state index contributed by atoms with van der Waals surface area (Å²) in [5, 5.41) is 0. The lowest BCUT2D eigenvalue weighted by molar-refractivity contribution is 0.128. The van der Waals surface area contributed by atoms with Crippen molar-refractivity contribution in [2.75, 3.05) is 13.2 Å². The molecular weight excluding hydrogens is 375 g/mol. The van der Waals surface area contributed by atoms with Crippen molar-refractivity contribution in [3.63, 3.8) is 0 Å². The number of aryl methyl sites for hydroxylation is 1. The summed E-state index contributed by atoms with van der Waals surface area (Å²) in [5.41, 5.74) is 1.35. The molecule has 0 aliphatic carbocycles. The van der Waals surface area contributed by atoms with Gasteiger partial charge in [-0.25, -0.2) is 0 Å². The van der Waals surface area contributed by atoms with E-state index < -0.39 is 24.8 Å². The Kier molecular flexibility index (Phi) is 10.8. The fourth-order valence-electron chi connectivity index (χ4n) is 2.17. The van der Waals surface area contributed by atoms with E-state index in [2.05, 4.69) is 76.5 Å². The lowest BCUT2D eigenvalue weighted by atomic mass is 10.1. The molecule has 0 spiro atoms. The average Bonchev–Trinajstić information content (AvgIpc) is 2.51. The number of benzene rings is 1. The summed E-state index contributed by atoms with van der Waals surface area (Å²) in [6.07, 6.45) is 2.15. The first-order valence-electron chi connectivity index (χ1n) is 9.82. The monoisotopic (exact) mass is 414 g/mol. The second-order valence-corrected chi connectivity index (χ2v) is 21.9. The van der Waals surface area contributed by atoms with Crippen LogP contribution in [0.15, 0.2) is 30.3 Å². The van der Waals surface area contributed by atoms with Crippen LogP contribution < -0.4 is 0 Å². The summed E-state index contributed by atoms with van der Waals surface area (Å²) < 4.78 is 18.2. The van der Waals surface area contributed by atoms with E-state index in [-0.39, 0.29) is 6.10 Å². The third-order valence-electron chi connectivity index (χ3n) is 4.05.